The van der Waals surface area contributed by atoms with Gasteiger partial charge in [0.15, 0.2) is 0 Å². The van der Waals surface area contributed by atoms with Crippen LogP contribution in [0.2, 0.25) is 0 Å². The standard InChI is InChI=1S/C17H16N2OS/c1-12(18-13-7-9-14(20-2)10-8-13)11-17-19-15-5-3-4-6-16(15)21-17/h3-11,18H,1-2H3. The number of hydrogen-bond donors (Lipinski definition) is 1. The van der Waals surface area contributed by atoms with E-state index in [0.717, 1.165) is 27.7 Å². The van der Waals surface area contributed by atoms with Crippen LogP contribution in [-0.4, -0.2) is 12.1 Å². The van der Waals surface area contributed by atoms with Crippen LogP contribution in [0.5, 0.6) is 5.75 Å². The molecule has 4 heteroatoms. The van der Waals surface area contributed by atoms with Gasteiger partial charge >= 0.3 is 0 Å². The van der Waals surface area contributed by atoms with Gasteiger partial charge in [-0.2, -0.15) is 0 Å². The van der Waals surface area contributed by atoms with E-state index in [9.17, 15) is 0 Å². The average molecular weight is 296 g/mol. The molecule has 1 heterocycles. The highest BCUT2D eigenvalue weighted by Gasteiger charge is 2.01. The zero-order valence-electron chi connectivity index (χ0n) is 12.0. The first-order chi connectivity index (χ1) is 10.2. The Hall–Kier alpha value is -2.33. The predicted octanol–water partition coefficient (Wildman–Crippen LogP) is 4.78. The zero-order chi connectivity index (χ0) is 14.7. The molecule has 0 aliphatic rings. The van der Waals surface area contributed by atoms with Crippen LogP contribution in [0.25, 0.3) is 16.3 Å². The molecule has 3 rings (SSSR count). The molecule has 0 fully saturated rings. The number of nitrogens with one attached hydrogen (secondary N) is 1. The van der Waals surface area contributed by atoms with Crippen molar-refractivity contribution in [1.29, 1.82) is 0 Å². The first kappa shape index (κ1) is 13.6. The Kier molecular flexibility index (Phi) is 3.88. The molecule has 0 saturated heterocycles. The summed E-state index contributed by atoms with van der Waals surface area (Å²) in [5.41, 5.74) is 3.14. The van der Waals surface area contributed by atoms with Crippen LogP contribution >= 0.6 is 11.3 Å². The lowest BCUT2D eigenvalue weighted by atomic mass is 10.3. The SMILES string of the molecule is COc1ccc(NC(C)=Cc2nc3ccccc3s2)cc1. The molecule has 0 radical (unpaired) electrons. The van der Waals surface area contributed by atoms with Crippen molar-refractivity contribution >= 4 is 33.3 Å². The summed E-state index contributed by atoms with van der Waals surface area (Å²) in [7, 11) is 1.67. The monoisotopic (exact) mass is 296 g/mol. The van der Waals surface area contributed by atoms with Gasteiger partial charge < -0.3 is 10.1 Å². The number of allylic oxidation sites excluding steroid dienone is 1. The van der Waals surface area contributed by atoms with Crippen molar-refractivity contribution in [2.45, 2.75) is 6.92 Å². The largest absolute Gasteiger partial charge is 0.497 e. The van der Waals surface area contributed by atoms with Crippen molar-refractivity contribution in [3.05, 3.63) is 59.2 Å². The van der Waals surface area contributed by atoms with E-state index < -0.39 is 0 Å². The second-order valence-corrected chi connectivity index (χ2v) is 5.76. The summed E-state index contributed by atoms with van der Waals surface area (Å²) >= 11 is 1.69. The fourth-order valence-electron chi connectivity index (χ4n) is 2.08. The van der Waals surface area contributed by atoms with Gasteiger partial charge in [-0.25, -0.2) is 4.98 Å². The van der Waals surface area contributed by atoms with Crippen molar-refractivity contribution in [1.82, 2.24) is 4.98 Å². The Bertz CT molecular complexity index is 742. The highest BCUT2D eigenvalue weighted by molar-refractivity contribution is 7.19. The summed E-state index contributed by atoms with van der Waals surface area (Å²) in [5.74, 6) is 0.855. The Morgan fingerprint density at radius 2 is 1.90 bits per heavy atom. The molecule has 1 aromatic heterocycles. The minimum absolute atomic E-state index is 0.855. The number of thiazole rings is 1. The normalized spacial score (nSPS) is 11.6. The molecule has 0 unspecified atom stereocenters. The van der Waals surface area contributed by atoms with Crippen molar-refractivity contribution in [2.75, 3.05) is 12.4 Å². The molecule has 0 spiro atoms. The third-order valence-corrected chi connectivity index (χ3v) is 4.07. The van der Waals surface area contributed by atoms with Crippen LogP contribution in [-0.2, 0) is 0 Å². The van der Waals surface area contributed by atoms with Crippen molar-refractivity contribution < 1.29 is 4.74 Å². The average Bonchev–Trinajstić information content (AvgIpc) is 2.90. The Labute approximate surface area is 127 Å². The van der Waals surface area contributed by atoms with Gasteiger partial charge in [0.1, 0.15) is 10.8 Å². The van der Waals surface area contributed by atoms with Crippen LogP contribution in [0.4, 0.5) is 5.69 Å². The number of anilines is 1. The van der Waals surface area contributed by atoms with E-state index in [2.05, 4.69) is 22.4 Å². The molecule has 0 atom stereocenters. The first-order valence-corrected chi connectivity index (χ1v) is 7.51. The number of aromatic nitrogens is 1. The van der Waals surface area contributed by atoms with Gasteiger partial charge in [0.05, 0.1) is 17.3 Å². The molecule has 0 aliphatic heterocycles. The zero-order valence-corrected chi connectivity index (χ0v) is 12.8. The van der Waals surface area contributed by atoms with Gasteiger partial charge in [-0.3, -0.25) is 0 Å². The fourth-order valence-corrected chi connectivity index (χ4v) is 3.04. The molecular formula is C17H16N2OS. The molecule has 0 amide bonds. The van der Waals surface area contributed by atoms with Crippen molar-refractivity contribution in [3.63, 3.8) is 0 Å². The molecule has 21 heavy (non-hydrogen) atoms. The molecule has 106 valence electrons. The number of para-hydroxylation sites is 1. The number of fused-ring (bicyclic) bond motifs is 1. The summed E-state index contributed by atoms with van der Waals surface area (Å²) in [6, 6.07) is 16.0. The second kappa shape index (κ2) is 5.97. The van der Waals surface area contributed by atoms with Crippen molar-refractivity contribution in [3.8, 4) is 5.75 Å². The Balaban J connectivity index is 1.78. The number of rotatable bonds is 4. The lowest BCUT2D eigenvalue weighted by Crippen LogP contribution is -1.95. The van der Waals surface area contributed by atoms with Crippen LogP contribution < -0.4 is 10.1 Å². The second-order valence-electron chi connectivity index (χ2n) is 4.70. The number of benzene rings is 2. The lowest BCUT2D eigenvalue weighted by molar-refractivity contribution is 0.415. The summed E-state index contributed by atoms with van der Waals surface area (Å²) in [4.78, 5) is 4.60. The smallest absolute Gasteiger partial charge is 0.119 e. The molecule has 0 bridgehead atoms. The van der Waals surface area contributed by atoms with Crippen LogP contribution in [0.3, 0.4) is 0 Å². The van der Waals surface area contributed by atoms with Gasteiger partial charge in [0.25, 0.3) is 0 Å². The molecule has 3 nitrogen and oxygen atoms in total. The van der Waals surface area contributed by atoms with Crippen LogP contribution in [0, 0.1) is 0 Å². The van der Waals surface area contributed by atoms with E-state index in [-0.39, 0.29) is 0 Å². The minimum atomic E-state index is 0.855. The van der Waals surface area contributed by atoms with E-state index >= 15 is 0 Å². The summed E-state index contributed by atoms with van der Waals surface area (Å²) in [6.07, 6.45) is 2.06. The maximum atomic E-state index is 5.15. The Morgan fingerprint density at radius 1 is 1.14 bits per heavy atom. The number of nitrogens with zero attached hydrogens (tertiary/aromatic N) is 1. The number of ether oxygens (including phenoxy) is 1. The number of hydrogen-bond acceptors (Lipinski definition) is 4. The predicted molar refractivity (Wildman–Crippen MR) is 89.9 cm³/mol. The van der Waals surface area contributed by atoms with Crippen LogP contribution in [0.15, 0.2) is 54.2 Å². The van der Waals surface area contributed by atoms with Gasteiger partial charge in [-0.1, -0.05) is 12.1 Å². The maximum Gasteiger partial charge on any atom is 0.119 e. The van der Waals surface area contributed by atoms with Gasteiger partial charge in [-0.05, 0) is 49.4 Å². The highest BCUT2D eigenvalue weighted by Crippen LogP contribution is 2.24. The van der Waals surface area contributed by atoms with E-state index in [4.69, 9.17) is 4.74 Å². The van der Waals surface area contributed by atoms with E-state index in [0.29, 0.717) is 0 Å². The maximum absolute atomic E-state index is 5.15. The molecule has 1 N–H and O–H groups in total. The third kappa shape index (κ3) is 3.23. The quantitative estimate of drug-likeness (QED) is 0.752. The summed E-state index contributed by atoms with van der Waals surface area (Å²) in [5, 5.41) is 4.37. The van der Waals surface area contributed by atoms with E-state index in [1.807, 2.05) is 49.4 Å². The van der Waals surface area contributed by atoms with Gasteiger partial charge in [0, 0.05) is 11.4 Å². The van der Waals surface area contributed by atoms with E-state index in [1.165, 1.54) is 4.70 Å². The molecular weight excluding hydrogens is 280 g/mol. The van der Waals surface area contributed by atoms with Crippen LogP contribution in [0.1, 0.15) is 11.9 Å². The van der Waals surface area contributed by atoms with Gasteiger partial charge in [0.2, 0.25) is 0 Å². The first-order valence-electron chi connectivity index (χ1n) is 6.69. The highest BCUT2D eigenvalue weighted by atomic mass is 32.1. The Morgan fingerprint density at radius 3 is 2.62 bits per heavy atom. The third-order valence-electron chi connectivity index (χ3n) is 3.08. The molecule has 0 aliphatic carbocycles. The van der Waals surface area contributed by atoms with Gasteiger partial charge in [-0.15, -0.1) is 11.3 Å². The minimum Gasteiger partial charge on any atom is -0.497 e. The topological polar surface area (TPSA) is 34.1 Å². The summed E-state index contributed by atoms with van der Waals surface area (Å²) < 4.78 is 6.36. The molecule has 2 aromatic carbocycles. The summed E-state index contributed by atoms with van der Waals surface area (Å²) in [6.45, 7) is 2.04. The van der Waals surface area contributed by atoms with E-state index in [1.54, 1.807) is 18.4 Å². The number of methoxy groups -OCH3 is 1. The fraction of sp³-hybridized carbons (Fsp3) is 0.118. The molecule has 3 aromatic rings. The van der Waals surface area contributed by atoms with Crippen molar-refractivity contribution in [2.24, 2.45) is 0 Å². The molecule has 0 saturated carbocycles. The lowest BCUT2D eigenvalue weighted by Gasteiger charge is -2.07.